The van der Waals surface area contributed by atoms with E-state index < -0.39 is 0 Å². The van der Waals surface area contributed by atoms with Crippen molar-refractivity contribution >= 4 is 6.29 Å². The highest BCUT2D eigenvalue weighted by atomic mass is 16.1. The number of aldehydes is 1. The van der Waals surface area contributed by atoms with Crippen LogP contribution in [0, 0.1) is 0 Å². The molecule has 0 aromatic rings. The number of carbonyl (C=O) groups is 1. The molecule has 2 N–H and O–H groups in total. The lowest BCUT2D eigenvalue weighted by Crippen LogP contribution is -1.50. The smallest absolute Gasteiger partial charge is 0.142 e. The van der Waals surface area contributed by atoms with E-state index in [0.29, 0.717) is 0 Å². The quantitative estimate of drug-likeness (QED) is 0.327. The van der Waals surface area contributed by atoms with Gasteiger partial charge < -0.3 is 5.48 Å². The van der Waals surface area contributed by atoms with E-state index in [2.05, 4.69) is 0 Å². The third-order valence-electron chi connectivity index (χ3n) is 0.271. The van der Waals surface area contributed by atoms with E-state index in [1.54, 1.807) is 13.0 Å². The molecule has 0 spiro atoms. The summed E-state index contributed by atoms with van der Waals surface area (Å²) in [6, 6.07) is 0. The van der Waals surface area contributed by atoms with Crippen LogP contribution in [0.15, 0.2) is 12.2 Å². The Bertz CT molecular complexity index is 47.5. The minimum atomic E-state index is 0. The van der Waals surface area contributed by atoms with Crippen LogP contribution < -0.4 is 0 Å². The summed E-state index contributed by atoms with van der Waals surface area (Å²) in [4.78, 5) is 9.32. The Morgan fingerprint density at radius 2 is 2.00 bits per heavy atom. The van der Waals surface area contributed by atoms with Gasteiger partial charge in [-0.2, -0.15) is 0 Å². The maximum Gasteiger partial charge on any atom is 0.142 e. The van der Waals surface area contributed by atoms with E-state index in [9.17, 15) is 4.79 Å². The van der Waals surface area contributed by atoms with Crippen LogP contribution in [0.4, 0.5) is 0 Å². The predicted molar refractivity (Wildman–Crippen MR) is 24.5 cm³/mol. The van der Waals surface area contributed by atoms with Gasteiger partial charge in [-0.1, -0.05) is 6.08 Å². The third-order valence-corrected chi connectivity index (χ3v) is 0.271. The summed E-state index contributed by atoms with van der Waals surface area (Å²) in [5.41, 5.74) is 0. The lowest BCUT2D eigenvalue weighted by molar-refractivity contribution is -0.104. The minimum absolute atomic E-state index is 0. The summed E-state index contributed by atoms with van der Waals surface area (Å²) in [5.74, 6) is 0. The highest BCUT2D eigenvalue weighted by Gasteiger charge is 1.48. The molecule has 0 bridgehead atoms. The number of carbonyl (C=O) groups excluding carboxylic acids is 1. The molecule has 0 radical (unpaired) electrons. The molecule has 0 aromatic heterocycles. The fourth-order valence-corrected chi connectivity index (χ4v) is 0.0786. The largest absolute Gasteiger partial charge is 0.412 e. The average molecular weight is 88.1 g/mol. The second-order valence-corrected chi connectivity index (χ2v) is 0.662. The molecule has 0 fully saturated rings. The molecule has 0 aliphatic carbocycles. The van der Waals surface area contributed by atoms with Crippen molar-refractivity contribution in [1.29, 1.82) is 0 Å². The van der Waals surface area contributed by atoms with Gasteiger partial charge in [0.15, 0.2) is 0 Å². The zero-order chi connectivity index (χ0) is 4.12. The Labute approximate surface area is 36.8 Å². The second-order valence-electron chi connectivity index (χ2n) is 0.662. The van der Waals surface area contributed by atoms with E-state index in [1.165, 1.54) is 6.08 Å². The highest BCUT2D eigenvalue weighted by molar-refractivity contribution is 5.64. The summed E-state index contributed by atoms with van der Waals surface area (Å²) >= 11 is 0. The van der Waals surface area contributed by atoms with Gasteiger partial charge in [-0.25, -0.2) is 0 Å². The maximum atomic E-state index is 9.32. The molecular formula is C4H8O2. The molecule has 36 valence electrons. The fourth-order valence-electron chi connectivity index (χ4n) is 0.0786. The van der Waals surface area contributed by atoms with Crippen molar-refractivity contribution in [3.63, 3.8) is 0 Å². The van der Waals surface area contributed by atoms with Crippen LogP contribution >= 0.6 is 0 Å². The molecule has 0 saturated carbocycles. The molecule has 0 saturated heterocycles. The van der Waals surface area contributed by atoms with Crippen molar-refractivity contribution in [3.05, 3.63) is 12.2 Å². The van der Waals surface area contributed by atoms with Crippen LogP contribution in [0.25, 0.3) is 0 Å². The Morgan fingerprint density at radius 3 is 2.00 bits per heavy atom. The molecule has 0 amide bonds. The van der Waals surface area contributed by atoms with Gasteiger partial charge in [0.2, 0.25) is 0 Å². The topological polar surface area (TPSA) is 48.6 Å². The molecule has 0 unspecified atom stereocenters. The average Bonchev–Trinajstić information content (AvgIpc) is 1.41. The lowest BCUT2D eigenvalue weighted by atomic mass is 10.6. The molecule has 0 aliphatic heterocycles. The van der Waals surface area contributed by atoms with Crippen molar-refractivity contribution in [3.8, 4) is 0 Å². The molecule has 0 rings (SSSR count). The lowest BCUT2D eigenvalue weighted by Gasteiger charge is -1.51. The van der Waals surface area contributed by atoms with Crippen molar-refractivity contribution in [2.24, 2.45) is 0 Å². The van der Waals surface area contributed by atoms with Crippen molar-refractivity contribution in [2.75, 3.05) is 0 Å². The first kappa shape index (κ1) is 9.03. The first-order valence-electron chi connectivity index (χ1n) is 1.48. The minimum Gasteiger partial charge on any atom is -0.412 e. The van der Waals surface area contributed by atoms with E-state index in [1.807, 2.05) is 0 Å². The van der Waals surface area contributed by atoms with Gasteiger partial charge >= 0.3 is 0 Å². The summed E-state index contributed by atoms with van der Waals surface area (Å²) in [7, 11) is 0. The first-order chi connectivity index (χ1) is 2.41. The third kappa shape index (κ3) is 10.1. The normalized spacial score (nSPS) is 7.50. The molecule has 2 heteroatoms. The van der Waals surface area contributed by atoms with E-state index >= 15 is 0 Å². The van der Waals surface area contributed by atoms with Crippen molar-refractivity contribution in [1.82, 2.24) is 0 Å². The zero-order valence-electron chi connectivity index (χ0n) is 3.64. The van der Waals surface area contributed by atoms with Gasteiger partial charge in [-0.05, 0) is 13.0 Å². The van der Waals surface area contributed by atoms with Crippen LogP contribution in [-0.4, -0.2) is 11.8 Å². The molecular weight excluding hydrogens is 80.0 g/mol. The van der Waals surface area contributed by atoms with Gasteiger partial charge in [0, 0.05) is 0 Å². The van der Waals surface area contributed by atoms with E-state index in [0.717, 1.165) is 6.29 Å². The molecule has 6 heavy (non-hydrogen) atoms. The fraction of sp³-hybridized carbons (Fsp3) is 0.250. The summed E-state index contributed by atoms with van der Waals surface area (Å²) < 4.78 is 0. The first-order valence-corrected chi connectivity index (χ1v) is 1.48. The molecule has 0 heterocycles. The van der Waals surface area contributed by atoms with E-state index in [-0.39, 0.29) is 5.48 Å². The second kappa shape index (κ2) is 8.84. The van der Waals surface area contributed by atoms with Gasteiger partial charge in [-0.3, -0.25) is 4.79 Å². The van der Waals surface area contributed by atoms with Crippen molar-refractivity contribution < 1.29 is 10.3 Å². The predicted octanol–water partition coefficient (Wildman–Crippen LogP) is -0.0633. The monoisotopic (exact) mass is 88.1 g/mol. The van der Waals surface area contributed by atoms with Crippen LogP contribution in [0.5, 0.6) is 0 Å². The standard InChI is InChI=1S/C4H6O.H2O/c1-2-3-4-5;/h2-4H,1H3;1H2. The number of hydrogen-bond acceptors (Lipinski definition) is 1. The summed E-state index contributed by atoms with van der Waals surface area (Å²) in [6.07, 6.45) is 3.88. The van der Waals surface area contributed by atoms with Crippen LogP contribution in [0.1, 0.15) is 6.92 Å². The SMILES string of the molecule is CC=CC=O.O. The van der Waals surface area contributed by atoms with Gasteiger partial charge in [0.1, 0.15) is 6.29 Å². The van der Waals surface area contributed by atoms with Crippen molar-refractivity contribution in [2.45, 2.75) is 6.92 Å². The molecule has 0 atom stereocenters. The Kier molecular flexibility index (Phi) is 13.3. The Morgan fingerprint density at radius 1 is 1.50 bits per heavy atom. The molecule has 0 aromatic carbocycles. The zero-order valence-corrected chi connectivity index (χ0v) is 3.64. The highest BCUT2D eigenvalue weighted by Crippen LogP contribution is 1.55. The van der Waals surface area contributed by atoms with E-state index in [4.69, 9.17) is 0 Å². The number of allylic oxidation sites excluding steroid dienone is 2. The van der Waals surface area contributed by atoms with Crippen LogP contribution in [-0.2, 0) is 4.79 Å². The number of rotatable bonds is 1. The van der Waals surface area contributed by atoms with Crippen LogP contribution in [0.3, 0.4) is 0 Å². The summed E-state index contributed by atoms with van der Waals surface area (Å²) in [6.45, 7) is 1.80. The number of hydrogen-bond donors (Lipinski definition) is 0. The molecule has 2 nitrogen and oxygen atoms in total. The maximum absolute atomic E-state index is 9.32. The Hall–Kier alpha value is -0.630. The molecule has 0 aliphatic rings. The Balaban J connectivity index is 0. The van der Waals surface area contributed by atoms with Gasteiger partial charge in [-0.15, -0.1) is 0 Å². The van der Waals surface area contributed by atoms with Gasteiger partial charge in [0.05, 0.1) is 0 Å². The van der Waals surface area contributed by atoms with Crippen LogP contribution in [0.2, 0.25) is 0 Å². The summed E-state index contributed by atoms with van der Waals surface area (Å²) in [5, 5.41) is 0. The van der Waals surface area contributed by atoms with Gasteiger partial charge in [0.25, 0.3) is 0 Å².